The summed E-state index contributed by atoms with van der Waals surface area (Å²) in [7, 11) is 0. The minimum absolute atomic E-state index is 0.0140. The van der Waals surface area contributed by atoms with Gasteiger partial charge >= 0.3 is 0 Å². The summed E-state index contributed by atoms with van der Waals surface area (Å²) in [6.07, 6.45) is 1.45. The van der Waals surface area contributed by atoms with E-state index in [1.165, 1.54) is 6.07 Å². The van der Waals surface area contributed by atoms with E-state index in [9.17, 15) is 9.18 Å². The Bertz CT molecular complexity index is 499. The van der Waals surface area contributed by atoms with Gasteiger partial charge in [-0.25, -0.2) is 4.39 Å². The predicted molar refractivity (Wildman–Crippen MR) is 95.2 cm³/mol. The number of hydrogen-bond acceptors (Lipinski definition) is 6. The molecule has 0 atom stereocenters. The molecule has 0 spiro atoms. The lowest BCUT2D eigenvalue weighted by Crippen LogP contribution is -2.15. The van der Waals surface area contributed by atoms with Crippen molar-refractivity contribution in [2.24, 2.45) is 5.92 Å². The maximum absolute atomic E-state index is 13.5. The van der Waals surface area contributed by atoms with Crippen LogP contribution in [0.4, 0.5) is 10.1 Å². The molecule has 0 fully saturated rings. The zero-order valence-corrected chi connectivity index (χ0v) is 15.1. The third-order valence-electron chi connectivity index (χ3n) is 3.23. The van der Waals surface area contributed by atoms with Gasteiger partial charge in [-0.05, 0) is 18.6 Å². The van der Waals surface area contributed by atoms with E-state index in [1.807, 2.05) is 13.8 Å². The number of Topliss-reactive ketones (excluding diaryl/α,β-unsaturated/α-hetero) is 1. The molecular formula is C17H26FNO4S. The largest absolute Gasteiger partial charge is 0.493 e. The van der Waals surface area contributed by atoms with Crippen LogP contribution in [0.5, 0.6) is 5.75 Å². The number of anilines is 1. The average molecular weight is 359 g/mol. The zero-order chi connectivity index (χ0) is 17.8. The Morgan fingerprint density at radius 2 is 1.83 bits per heavy atom. The summed E-state index contributed by atoms with van der Waals surface area (Å²) in [5.41, 5.74) is 0.311. The van der Waals surface area contributed by atoms with E-state index in [1.54, 1.807) is 12.1 Å². The van der Waals surface area contributed by atoms with Crippen molar-refractivity contribution in [2.75, 3.05) is 37.8 Å². The molecule has 0 unspecified atom stereocenters. The normalized spacial score (nSPS) is 10.9. The molecule has 0 heterocycles. The topological polar surface area (TPSA) is 56.8 Å². The second-order valence-corrected chi connectivity index (χ2v) is 5.82. The van der Waals surface area contributed by atoms with Gasteiger partial charge in [0.05, 0.1) is 12.3 Å². The third-order valence-corrected chi connectivity index (χ3v) is 3.47. The molecule has 0 radical (unpaired) electrons. The number of nitrogens with one attached hydrogen (secondary N) is 1. The number of carbonyl (C=O) groups is 1. The van der Waals surface area contributed by atoms with Crippen molar-refractivity contribution in [3.8, 4) is 5.75 Å². The van der Waals surface area contributed by atoms with Crippen LogP contribution in [0.25, 0.3) is 0 Å². The molecule has 1 N–H and O–H groups in total. The van der Waals surface area contributed by atoms with Gasteiger partial charge in [-0.1, -0.05) is 26.7 Å². The minimum Gasteiger partial charge on any atom is -0.493 e. The summed E-state index contributed by atoms with van der Waals surface area (Å²) in [6.45, 7) is 5.99. The number of halogens is 1. The molecule has 1 aromatic rings. The minimum atomic E-state index is -0.408. The van der Waals surface area contributed by atoms with Crippen molar-refractivity contribution in [3.05, 3.63) is 24.0 Å². The molecule has 0 aliphatic heterocycles. The van der Waals surface area contributed by atoms with Gasteiger partial charge in [0.2, 0.25) is 0 Å². The number of rotatable bonds is 13. The number of hydrogen-bond donors (Lipinski definition) is 2. The molecule has 0 aliphatic rings. The van der Waals surface area contributed by atoms with Crippen LogP contribution in [0, 0.1) is 11.7 Å². The summed E-state index contributed by atoms with van der Waals surface area (Å²) in [6, 6.07) is 4.56. The van der Waals surface area contributed by atoms with Gasteiger partial charge in [-0.3, -0.25) is 4.79 Å². The van der Waals surface area contributed by atoms with Gasteiger partial charge in [0.1, 0.15) is 12.4 Å². The highest BCUT2D eigenvalue weighted by molar-refractivity contribution is 7.81. The van der Waals surface area contributed by atoms with Crippen molar-refractivity contribution in [3.63, 3.8) is 0 Å². The lowest BCUT2D eigenvalue weighted by atomic mass is 10.1. The molecule has 0 aromatic heterocycles. The summed E-state index contributed by atoms with van der Waals surface area (Å²) >= 11 is 3.80. The molecule has 0 saturated carbocycles. The van der Waals surface area contributed by atoms with Crippen LogP contribution < -0.4 is 9.46 Å². The first kappa shape index (κ1) is 20.7. The molecule has 0 bridgehead atoms. The Labute approximate surface area is 148 Å². The Balaban J connectivity index is 1.97. The van der Waals surface area contributed by atoms with E-state index in [4.69, 9.17) is 14.2 Å². The van der Waals surface area contributed by atoms with Crippen molar-refractivity contribution < 1.29 is 23.4 Å². The molecule has 0 aliphatic carbocycles. The van der Waals surface area contributed by atoms with Crippen LogP contribution in [0.2, 0.25) is 0 Å². The monoisotopic (exact) mass is 359 g/mol. The Morgan fingerprint density at radius 3 is 2.46 bits per heavy atom. The lowest BCUT2D eigenvalue weighted by Gasteiger charge is -2.09. The standard InChI is InChI=1S/C17H26FNO4S/c1-13(2)17(20)12-22-9-3-7-21-8-4-10-23-14-5-6-16(19-24)15(18)11-14/h5-6,11,13,19,24H,3-4,7-10,12H2,1-2H3. The van der Waals surface area contributed by atoms with Gasteiger partial charge in [0.25, 0.3) is 0 Å². The smallest absolute Gasteiger partial charge is 0.160 e. The summed E-state index contributed by atoms with van der Waals surface area (Å²) in [5.74, 6) is 0.195. The van der Waals surface area contributed by atoms with Crippen molar-refractivity contribution in [1.82, 2.24) is 0 Å². The van der Waals surface area contributed by atoms with E-state index in [0.717, 1.165) is 6.42 Å². The van der Waals surface area contributed by atoms with E-state index in [0.29, 0.717) is 44.3 Å². The van der Waals surface area contributed by atoms with Crippen molar-refractivity contribution >= 4 is 24.3 Å². The highest BCUT2D eigenvalue weighted by atomic mass is 32.1. The second kappa shape index (κ2) is 12.1. The summed E-state index contributed by atoms with van der Waals surface area (Å²) < 4.78 is 32.1. The van der Waals surface area contributed by atoms with Crippen molar-refractivity contribution in [2.45, 2.75) is 26.7 Å². The number of ketones is 1. The first-order valence-electron chi connectivity index (χ1n) is 8.05. The maximum Gasteiger partial charge on any atom is 0.160 e. The fourth-order valence-electron chi connectivity index (χ4n) is 1.73. The molecule has 5 nitrogen and oxygen atoms in total. The number of thiol groups is 1. The molecule has 24 heavy (non-hydrogen) atoms. The summed E-state index contributed by atoms with van der Waals surface area (Å²) in [5, 5.41) is 0. The van der Waals surface area contributed by atoms with Gasteiger partial charge in [0.15, 0.2) is 11.6 Å². The summed E-state index contributed by atoms with van der Waals surface area (Å²) in [4.78, 5) is 11.3. The van der Waals surface area contributed by atoms with E-state index >= 15 is 0 Å². The highest BCUT2D eigenvalue weighted by Gasteiger charge is 2.06. The predicted octanol–water partition coefficient (Wildman–Crippen LogP) is 3.50. The SMILES string of the molecule is CC(C)C(=O)COCCCOCCCOc1ccc(NS)c(F)c1. The molecule has 0 amide bonds. The molecule has 136 valence electrons. The Hall–Kier alpha value is -1.31. The fraction of sp³-hybridized carbons (Fsp3) is 0.588. The van der Waals surface area contributed by atoms with Crippen molar-refractivity contribution in [1.29, 1.82) is 0 Å². The van der Waals surface area contributed by atoms with Crippen LogP contribution in [0.1, 0.15) is 26.7 Å². The molecule has 1 aromatic carbocycles. The van der Waals surface area contributed by atoms with Crippen LogP contribution in [-0.4, -0.2) is 38.8 Å². The first-order valence-corrected chi connectivity index (χ1v) is 8.50. The lowest BCUT2D eigenvalue weighted by molar-refractivity contribution is -0.126. The quantitative estimate of drug-likeness (QED) is 0.417. The average Bonchev–Trinajstić information content (AvgIpc) is 2.56. The van der Waals surface area contributed by atoms with Gasteiger partial charge < -0.3 is 18.9 Å². The number of benzene rings is 1. The van der Waals surface area contributed by atoms with Gasteiger partial charge in [0, 0.05) is 38.2 Å². The second-order valence-electron chi connectivity index (χ2n) is 5.59. The van der Waals surface area contributed by atoms with Crippen LogP contribution in [-0.2, 0) is 14.3 Å². The zero-order valence-electron chi connectivity index (χ0n) is 14.2. The fourth-order valence-corrected chi connectivity index (χ4v) is 1.91. The maximum atomic E-state index is 13.5. The Morgan fingerprint density at radius 1 is 1.17 bits per heavy atom. The Kier molecular flexibility index (Phi) is 10.5. The van der Waals surface area contributed by atoms with Gasteiger partial charge in [-0.2, -0.15) is 0 Å². The molecule has 0 saturated heterocycles. The highest BCUT2D eigenvalue weighted by Crippen LogP contribution is 2.21. The number of carbonyl (C=O) groups excluding carboxylic acids is 1. The number of ether oxygens (including phenoxy) is 3. The van der Waals surface area contributed by atoms with Crippen LogP contribution in [0.15, 0.2) is 18.2 Å². The van der Waals surface area contributed by atoms with E-state index in [-0.39, 0.29) is 18.3 Å². The van der Waals surface area contributed by atoms with Crippen LogP contribution in [0.3, 0.4) is 0 Å². The van der Waals surface area contributed by atoms with E-state index < -0.39 is 5.82 Å². The van der Waals surface area contributed by atoms with E-state index in [2.05, 4.69) is 17.5 Å². The first-order chi connectivity index (χ1) is 11.5. The molecular weight excluding hydrogens is 333 g/mol. The third kappa shape index (κ3) is 8.52. The van der Waals surface area contributed by atoms with Gasteiger partial charge in [-0.15, -0.1) is 0 Å². The molecule has 7 heteroatoms. The molecule has 1 rings (SSSR count). The van der Waals surface area contributed by atoms with Crippen LogP contribution >= 0.6 is 12.8 Å².